The Bertz CT molecular complexity index is 1220. The van der Waals surface area contributed by atoms with E-state index >= 15 is 0 Å². The van der Waals surface area contributed by atoms with Crippen LogP contribution in [0.5, 0.6) is 11.5 Å². The molecule has 0 spiro atoms. The second kappa shape index (κ2) is 8.57. The van der Waals surface area contributed by atoms with Crippen molar-refractivity contribution >= 4 is 56.4 Å². The minimum absolute atomic E-state index is 0.00647. The lowest BCUT2D eigenvalue weighted by Gasteiger charge is -2.08. The van der Waals surface area contributed by atoms with Crippen molar-refractivity contribution in [2.45, 2.75) is 0 Å². The number of halogens is 1. The Labute approximate surface area is 182 Å². The summed E-state index contributed by atoms with van der Waals surface area (Å²) in [5.74, 6) is 0.0407. The van der Waals surface area contributed by atoms with Gasteiger partial charge in [-0.1, -0.05) is 29.8 Å². The molecule has 0 aliphatic heterocycles. The predicted molar refractivity (Wildman–Crippen MR) is 122 cm³/mol. The lowest BCUT2D eigenvalue weighted by molar-refractivity contribution is -0.111. The first-order valence-corrected chi connectivity index (χ1v) is 10.2. The molecule has 0 aliphatic carbocycles. The van der Waals surface area contributed by atoms with Gasteiger partial charge in [0.05, 0.1) is 22.9 Å². The van der Waals surface area contributed by atoms with Crippen molar-refractivity contribution in [1.82, 2.24) is 4.98 Å². The average molecular weight is 437 g/mol. The number of thiazole rings is 1. The molecule has 0 radical (unpaired) electrons. The van der Waals surface area contributed by atoms with Gasteiger partial charge in [0.1, 0.15) is 5.01 Å². The number of phenolic OH excluding ortho intramolecular Hbond substituents is 1. The van der Waals surface area contributed by atoms with Gasteiger partial charge in [-0.15, -0.1) is 11.3 Å². The number of carbonyl (C=O) groups excluding carboxylic acids is 1. The van der Waals surface area contributed by atoms with Crippen molar-refractivity contribution in [3.63, 3.8) is 0 Å². The van der Waals surface area contributed by atoms with Crippen LogP contribution in [0.3, 0.4) is 0 Å². The summed E-state index contributed by atoms with van der Waals surface area (Å²) < 4.78 is 6.08. The number of rotatable bonds is 5. The number of anilines is 1. The first-order chi connectivity index (χ1) is 14.5. The van der Waals surface area contributed by atoms with Crippen molar-refractivity contribution in [2.75, 3.05) is 12.4 Å². The maximum Gasteiger partial charge on any atom is 0.258 e. The van der Waals surface area contributed by atoms with Crippen LogP contribution in [0.2, 0.25) is 5.02 Å². The number of fused-ring (bicyclic) bond motifs is 1. The number of nitrogens with one attached hydrogen (secondary N) is 1. The molecule has 1 amide bonds. The van der Waals surface area contributed by atoms with Gasteiger partial charge in [0.2, 0.25) is 0 Å². The van der Waals surface area contributed by atoms with E-state index in [2.05, 4.69) is 10.3 Å². The van der Waals surface area contributed by atoms with Crippen LogP contribution in [-0.2, 0) is 4.79 Å². The molecule has 0 saturated heterocycles. The number of methoxy groups -OCH3 is 1. The van der Waals surface area contributed by atoms with E-state index in [9.17, 15) is 9.90 Å². The molecular formula is C23H17ClN2O3S. The molecule has 150 valence electrons. The third-order valence-corrected chi connectivity index (χ3v) is 5.71. The molecule has 0 atom stereocenters. The third-order valence-electron chi connectivity index (χ3n) is 4.38. The molecule has 0 saturated carbocycles. The summed E-state index contributed by atoms with van der Waals surface area (Å²) in [5, 5.41) is 14.2. The minimum Gasteiger partial charge on any atom is -0.504 e. The van der Waals surface area contributed by atoms with E-state index in [-0.39, 0.29) is 11.7 Å². The van der Waals surface area contributed by atoms with Crippen LogP contribution < -0.4 is 10.1 Å². The standard InChI is InChI=1S/C23H17ClN2O3S/c1-29-20-11-6-14(13-19(20)27)12-17(22(28)25-16-9-7-15(24)8-10-16)23-26-18-4-2-3-5-21(18)30-23/h2-13,27H,1H3,(H,25,28). The Hall–Kier alpha value is -3.35. The smallest absolute Gasteiger partial charge is 0.258 e. The van der Waals surface area contributed by atoms with Gasteiger partial charge in [0.25, 0.3) is 5.91 Å². The molecule has 4 rings (SSSR count). The molecule has 1 aromatic heterocycles. The molecular weight excluding hydrogens is 420 g/mol. The van der Waals surface area contributed by atoms with E-state index < -0.39 is 0 Å². The number of nitrogens with zero attached hydrogens (tertiary/aromatic N) is 1. The fourth-order valence-electron chi connectivity index (χ4n) is 2.91. The van der Waals surface area contributed by atoms with Gasteiger partial charge < -0.3 is 15.2 Å². The number of phenols is 1. The number of hydrogen-bond donors (Lipinski definition) is 2. The summed E-state index contributed by atoms with van der Waals surface area (Å²) in [6.45, 7) is 0. The third kappa shape index (κ3) is 4.30. The van der Waals surface area contributed by atoms with Crippen LogP contribution in [0.25, 0.3) is 21.9 Å². The molecule has 0 aliphatic rings. The topological polar surface area (TPSA) is 71.5 Å². The van der Waals surface area contributed by atoms with Crippen molar-refractivity contribution < 1.29 is 14.6 Å². The first kappa shape index (κ1) is 19.9. The van der Waals surface area contributed by atoms with Gasteiger partial charge in [-0.3, -0.25) is 4.79 Å². The van der Waals surface area contributed by atoms with Gasteiger partial charge >= 0.3 is 0 Å². The summed E-state index contributed by atoms with van der Waals surface area (Å²) >= 11 is 7.36. The highest BCUT2D eigenvalue weighted by Gasteiger charge is 2.17. The molecule has 30 heavy (non-hydrogen) atoms. The fourth-order valence-corrected chi connectivity index (χ4v) is 4.01. The van der Waals surface area contributed by atoms with E-state index in [4.69, 9.17) is 16.3 Å². The Morgan fingerprint density at radius 2 is 1.90 bits per heavy atom. The number of hydrogen-bond acceptors (Lipinski definition) is 5. The number of benzene rings is 3. The summed E-state index contributed by atoms with van der Waals surface area (Å²) in [4.78, 5) is 17.8. The van der Waals surface area contributed by atoms with Crippen molar-refractivity contribution in [2.24, 2.45) is 0 Å². The zero-order valence-corrected chi connectivity index (χ0v) is 17.5. The molecule has 2 N–H and O–H groups in total. The van der Waals surface area contributed by atoms with Gasteiger partial charge in [-0.05, 0) is 60.2 Å². The second-order valence-corrected chi connectivity index (χ2v) is 7.90. The quantitative estimate of drug-likeness (QED) is 0.385. The highest BCUT2D eigenvalue weighted by molar-refractivity contribution is 7.19. The SMILES string of the molecule is COc1ccc(C=C(C(=O)Nc2ccc(Cl)cc2)c2nc3ccccc3s2)cc1O. The van der Waals surface area contributed by atoms with E-state index in [0.29, 0.717) is 32.6 Å². The van der Waals surface area contributed by atoms with E-state index in [0.717, 1.165) is 10.2 Å². The van der Waals surface area contributed by atoms with Crippen LogP contribution in [0.15, 0.2) is 66.7 Å². The molecule has 4 aromatic rings. The molecule has 1 heterocycles. The summed E-state index contributed by atoms with van der Waals surface area (Å²) in [7, 11) is 1.48. The highest BCUT2D eigenvalue weighted by atomic mass is 35.5. The number of aromatic nitrogens is 1. The number of para-hydroxylation sites is 1. The van der Waals surface area contributed by atoms with Gasteiger partial charge in [-0.25, -0.2) is 4.98 Å². The Balaban J connectivity index is 1.76. The number of aromatic hydroxyl groups is 1. The van der Waals surface area contributed by atoms with Gasteiger partial charge in [0.15, 0.2) is 11.5 Å². The summed E-state index contributed by atoms with van der Waals surface area (Å²) in [6, 6.07) is 19.5. The first-order valence-electron chi connectivity index (χ1n) is 9.05. The number of carbonyl (C=O) groups is 1. The second-order valence-electron chi connectivity index (χ2n) is 6.44. The lowest BCUT2D eigenvalue weighted by Crippen LogP contribution is -2.13. The molecule has 3 aromatic carbocycles. The van der Waals surface area contributed by atoms with Gasteiger partial charge in [0, 0.05) is 10.7 Å². The predicted octanol–water partition coefficient (Wildman–Crippen LogP) is 5.84. The van der Waals surface area contributed by atoms with Crippen LogP contribution >= 0.6 is 22.9 Å². The molecule has 0 unspecified atom stereocenters. The summed E-state index contributed by atoms with van der Waals surface area (Å²) in [5.41, 5.74) is 2.47. The Kier molecular flexibility index (Phi) is 5.70. The zero-order chi connectivity index (χ0) is 21.1. The van der Waals surface area contributed by atoms with E-state index in [1.807, 2.05) is 24.3 Å². The monoisotopic (exact) mass is 436 g/mol. The fraction of sp³-hybridized carbons (Fsp3) is 0.0435. The Morgan fingerprint density at radius 3 is 2.60 bits per heavy atom. The molecule has 5 nitrogen and oxygen atoms in total. The summed E-state index contributed by atoms with van der Waals surface area (Å²) in [6.07, 6.45) is 1.70. The van der Waals surface area contributed by atoms with Crippen molar-refractivity contribution in [1.29, 1.82) is 0 Å². The average Bonchev–Trinajstić information content (AvgIpc) is 3.17. The minimum atomic E-state index is -0.313. The van der Waals surface area contributed by atoms with Crippen LogP contribution in [0.1, 0.15) is 10.6 Å². The van der Waals surface area contributed by atoms with Crippen LogP contribution in [0, 0.1) is 0 Å². The lowest BCUT2D eigenvalue weighted by atomic mass is 10.1. The highest BCUT2D eigenvalue weighted by Crippen LogP contribution is 2.32. The number of ether oxygens (including phenoxy) is 1. The van der Waals surface area contributed by atoms with Gasteiger partial charge in [-0.2, -0.15) is 0 Å². The normalized spacial score (nSPS) is 11.5. The van der Waals surface area contributed by atoms with Crippen molar-refractivity contribution in [3.8, 4) is 11.5 Å². The zero-order valence-electron chi connectivity index (χ0n) is 15.9. The molecule has 7 heteroatoms. The van der Waals surface area contributed by atoms with Crippen LogP contribution in [-0.4, -0.2) is 23.1 Å². The molecule has 0 fully saturated rings. The number of amides is 1. The largest absolute Gasteiger partial charge is 0.504 e. The van der Waals surface area contributed by atoms with E-state index in [1.54, 1.807) is 48.5 Å². The Morgan fingerprint density at radius 1 is 1.13 bits per heavy atom. The molecule has 0 bridgehead atoms. The van der Waals surface area contributed by atoms with E-state index in [1.165, 1.54) is 18.4 Å². The van der Waals surface area contributed by atoms with Crippen LogP contribution in [0.4, 0.5) is 5.69 Å². The maximum atomic E-state index is 13.2. The maximum absolute atomic E-state index is 13.2. The van der Waals surface area contributed by atoms with Crippen molar-refractivity contribution in [3.05, 3.63) is 82.3 Å².